The van der Waals surface area contributed by atoms with Crippen molar-refractivity contribution in [1.29, 1.82) is 0 Å². The second-order valence-corrected chi connectivity index (χ2v) is 7.14. The van der Waals surface area contributed by atoms with Gasteiger partial charge in [0.1, 0.15) is 0 Å². The zero-order valence-electron chi connectivity index (χ0n) is 13.3. The number of sulfonamides is 1. The number of hydrogen-bond donors (Lipinski definition) is 1. The third-order valence-electron chi connectivity index (χ3n) is 3.35. The van der Waals surface area contributed by atoms with Crippen LogP contribution in [0.3, 0.4) is 0 Å². The molecule has 2 rings (SSSR count). The monoisotopic (exact) mass is 335 g/mol. The van der Waals surface area contributed by atoms with Crippen molar-refractivity contribution >= 4 is 15.9 Å². The van der Waals surface area contributed by atoms with Crippen LogP contribution in [-0.4, -0.2) is 24.1 Å². The van der Waals surface area contributed by atoms with E-state index in [2.05, 4.69) is 16.7 Å². The summed E-state index contributed by atoms with van der Waals surface area (Å²) in [6, 6.07) is 6.60. The van der Waals surface area contributed by atoms with Gasteiger partial charge in [-0.3, -0.25) is 9.48 Å². The van der Waals surface area contributed by atoms with Crippen molar-refractivity contribution in [2.75, 3.05) is 0 Å². The summed E-state index contributed by atoms with van der Waals surface area (Å²) >= 11 is 0. The first-order chi connectivity index (χ1) is 10.9. The minimum Gasteiger partial charge on any atom is -0.274 e. The number of aromatic nitrogens is 2. The highest BCUT2D eigenvalue weighted by atomic mass is 32.2. The van der Waals surface area contributed by atoms with Gasteiger partial charge >= 0.3 is 0 Å². The fourth-order valence-electron chi connectivity index (χ4n) is 2.19. The smallest absolute Gasteiger partial charge is 0.264 e. The summed E-state index contributed by atoms with van der Waals surface area (Å²) in [5.74, 6) is -0.546. The third kappa shape index (κ3) is 4.92. The lowest BCUT2D eigenvalue weighted by Crippen LogP contribution is -2.31. The Balaban J connectivity index is 1.95. The Bertz CT molecular complexity index is 764. The molecule has 0 fully saturated rings. The van der Waals surface area contributed by atoms with Crippen LogP contribution in [-0.2, 0) is 27.8 Å². The molecular formula is C16H21N3O3S. The van der Waals surface area contributed by atoms with Gasteiger partial charge in [0.2, 0.25) is 5.91 Å². The van der Waals surface area contributed by atoms with Crippen LogP contribution in [0.5, 0.6) is 0 Å². The number of nitrogens with one attached hydrogen (secondary N) is 1. The molecule has 1 aromatic heterocycles. The van der Waals surface area contributed by atoms with Gasteiger partial charge in [-0.1, -0.05) is 25.5 Å². The Morgan fingerprint density at radius 3 is 2.52 bits per heavy atom. The fourth-order valence-corrected chi connectivity index (χ4v) is 3.20. The molecule has 0 atom stereocenters. The van der Waals surface area contributed by atoms with Gasteiger partial charge in [-0.25, -0.2) is 13.1 Å². The zero-order valence-corrected chi connectivity index (χ0v) is 14.1. The van der Waals surface area contributed by atoms with Gasteiger partial charge in [0.15, 0.2) is 0 Å². The van der Waals surface area contributed by atoms with Gasteiger partial charge in [-0.2, -0.15) is 5.10 Å². The molecule has 1 amide bonds. The second kappa shape index (κ2) is 7.41. The van der Waals surface area contributed by atoms with Crippen LogP contribution in [0.15, 0.2) is 41.6 Å². The molecule has 2 aromatic rings. The van der Waals surface area contributed by atoms with E-state index in [0.29, 0.717) is 6.54 Å². The number of hydrogen-bond acceptors (Lipinski definition) is 4. The van der Waals surface area contributed by atoms with Crippen LogP contribution in [0.2, 0.25) is 0 Å². The van der Waals surface area contributed by atoms with Gasteiger partial charge in [0.25, 0.3) is 10.0 Å². The van der Waals surface area contributed by atoms with E-state index in [1.807, 2.05) is 6.92 Å². The minimum atomic E-state index is -3.82. The van der Waals surface area contributed by atoms with Crippen LogP contribution >= 0.6 is 0 Å². The molecule has 7 heteroatoms. The van der Waals surface area contributed by atoms with Gasteiger partial charge in [0, 0.05) is 19.2 Å². The maximum Gasteiger partial charge on any atom is 0.264 e. The molecule has 0 aliphatic carbocycles. The molecule has 0 aliphatic rings. The highest BCUT2D eigenvalue weighted by molar-refractivity contribution is 7.90. The molecule has 0 saturated heterocycles. The molecule has 0 saturated carbocycles. The van der Waals surface area contributed by atoms with E-state index >= 15 is 0 Å². The van der Waals surface area contributed by atoms with Crippen molar-refractivity contribution in [1.82, 2.24) is 14.5 Å². The summed E-state index contributed by atoms with van der Waals surface area (Å²) < 4.78 is 28.1. The summed E-state index contributed by atoms with van der Waals surface area (Å²) in [6.07, 6.45) is 5.43. The number of carbonyl (C=O) groups excluding carboxylic acids is 1. The predicted molar refractivity (Wildman–Crippen MR) is 87.3 cm³/mol. The van der Waals surface area contributed by atoms with E-state index in [1.165, 1.54) is 12.1 Å². The van der Waals surface area contributed by atoms with Crippen LogP contribution < -0.4 is 4.72 Å². The molecule has 0 bridgehead atoms. The van der Waals surface area contributed by atoms with Crippen LogP contribution in [0.1, 0.15) is 30.9 Å². The van der Waals surface area contributed by atoms with Crippen LogP contribution in [0, 0.1) is 6.92 Å². The van der Waals surface area contributed by atoms with E-state index in [9.17, 15) is 13.2 Å². The first-order valence-electron chi connectivity index (χ1n) is 7.54. The molecule has 1 aromatic carbocycles. The van der Waals surface area contributed by atoms with Crippen molar-refractivity contribution in [3.8, 4) is 0 Å². The number of rotatable bonds is 7. The van der Waals surface area contributed by atoms with Crippen molar-refractivity contribution in [2.24, 2.45) is 0 Å². The first-order valence-corrected chi connectivity index (χ1v) is 9.02. The van der Waals surface area contributed by atoms with Crippen LogP contribution in [0.4, 0.5) is 0 Å². The number of nitrogens with zero attached hydrogens (tertiary/aromatic N) is 2. The van der Waals surface area contributed by atoms with E-state index in [0.717, 1.165) is 24.0 Å². The molecule has 6 nitrogen and oxygen atoms in total. The number of benzene rings is 1. The maximum atomic E-state index is 12.2. The third-order valence-corrected chi connectivity index (χ3v) is 4.74. The summed E-state index contributed by atoms with van der Waals surface area (Å²) in [7, 11) is -3.82. The average Bonchev–Trinajstić information content (AvgIpc) is 2.91. The largest absolute Gasteiger partial charge is 0.274 e. The molecule has 0 unspecified atom stereocenters. The summed E-state index contributed by atoms with van der Waals surface area (Å²) in [5, 5.41) is 4.06. The van der Waals surface area contributed by atoms with E-state index in [4.69, 9.17) is 0 Å². The first kappa shape index (κ1) is 17.2. The summed E-state index contributed by atoms with van der Waals surface area (Å²) in [4.78, 5) is 11.9. The van der Waals surface area contributed by atoms with E-state index in [-0.39, 0.29) is 11.3 Å². The van der Waals surface area contributed by atoms with Gasteiger partial charge < -0.3 is 0 Å². The lowest BCUT2D eigenvalue weighted by molar-refractivity contribution is -0.119. The number of carbonyl (C=O) groups is 1. The Kier molecular flexibility index (Phi) is 5.54. The molecule has 0 aliphatic heterocycles. The van der Waals surface area contributed by atoms with Crippen molar-refractivity contribution in [2.45, 2.75) is 44.6 Å². The van der Waals surface area contributed by atoms with E-state index in [1.54, 1.807) is 29.2 Å². The minimum absolute atomic E-state index is 0.0499. The Labute approximate surface area is 136 Å². The topological polar surface area (TPSA) is 81.1 Å². The highest BCUT2D eigenvalue weighted by Crippen LogP contribution is 2.12. The molecule has 0 radical (unpaired) electrons. The standard InChI is InChI=1S/C16H21N3O3S/c1-3-4-14-5-7-15(8-6-14)23(21,22)18-16(20)9-10-19-12-13(2)11-17-19/h5-8,11-12H,3-4,9-10H2,1-2H3,(H,18,20). The zero-order chi connectivity index (χ0) is 16.9. The van der Waals surface area contributed by atoms with E-state index < -0.39 is 15.9 Å². The normalized spacial score (nSPS) is 11.4. The summed E-state index contributed by atoms with van der Waals surface area (Å²) in [5.41, 5.74) is 2.07. The molecule has 23 heavy (non-hydrogen) atoms. The van der Waals surface area contributed by atoms with Crippen molar-refractivity contribution < 1.29 is 13.2 Å². The highest BCUT2D eigenvalue weighted by Gasteiger charge is 2.17. The lowest BCUT2D eigenvalue weighted by Gasteiger charge is -2.08. The fraction of sp³-hybridized carbons (Fsp3) is 0.375. The SMILES string of the molecule is CCCc1ccc(S(=O)(=O)NC(=O)CCn2cc(C)cn2)cc1. The molecule has 0 spiro atoms. The number of amides is 1. The molecule has 1 heterocycles. The van der Waals surface area contributed by atoms with Crippen molar-refractivity contribution in [3.63, 3.8) is 0 Å². The van der Waals surface area contributed by atoms with Crippen molar-refractivity contribution in [3.05, 3.63) is 47.8 Å². The summed E-state index contributed by atoms with van der Waals surface area (Å²) in [6.45, 7) is 4.30. The van der Waals surface area contributed by atoms with Gasteiger partial charge in [0.05, 0.1) is 11.1 Å². The predicted octanol–water partition coefficient (Wildman–Crippen LogP) is 2.04. The Morgan fingerprint density at radius 2 is 1.96 bits per heavy atom. The maximum absolute atomic E-state index is 12.2. The van der Waals surface area contributed by atoms with Crippen LogP contribution in [0.25, 0.3) is 0 Å². The Morgan fingerprint density at radius 1 is 1.26 bits per heavy atom. The Hall–Kier alpha value is -2.15. The quantitative estimate of drug-likeness (QED) is 0.839. The number of aryl methyl sites for hydroxylation is 3. The second-order valence-electron chi connectivity index (χ2n) is 5.45. The van der Waals surface area contributed by atoms with Gasteiger partial charge in [-0.05, 0) is 36.6 Å². The average molecular weight is 335 g/mol. The lowest BCUT2D eigenvalue weighted by atomic mass is 10.1. The van der Waals surface area contributed by atoms with Gasteiger partial charge in [-0.15, -0.1) is 0 Å². The molecule has 124 valence electrons. The molecule has 1 N–H and O–H groups in total. The molecular weight excluding hydrogens is 314 g/mol.